The molecular weight excluding hydrogens is 318 g/mol. The Hall–Kier alpha value is -1.07. The number of nitrogens with zero attached hydrogens (tertiary/aromatic N) is 1. The van der Waals surface area contributed by atoms with Crippen LogP contribution in [0.2, 0.25) is 0 Å². The monoisotopic (exact) mass is 337 g/mol. The minimum atomic E-state index is -0.370. The second-order valence-corrected chi connectivity index (χ2v) is 6.82. The van der Waals surface area contributed by atoms with Crippen molar-refractivity contribution in [1.29, 1.82) is 0 Å². The third-order valence-electron chi connectivity index (χ3n) is 4.60. The summed E-state index contributed by atoms with van der Waals surface area (Å²) in [6.45, 7) is 0. The highest BCUT2D eigenvalue weighted by molar-refractivity contribution is 9.10. The van der Waals surface area contributed by atoms with E-state index in [1.165, 1.54) is 12.8 Å². The van der Waals surface area contributed by atoms with Crippen LogP contribution < -0.4 is 16.0 Å². The van der Waals surface area contributed by atoms with E-state index in [0.29, 0.717) is 23.7 Å². The zero-order chi connectivity index (χ0) is 14.3. The van der Waals surface area contributed by atoms with Gasteiger partial charge in [0.15, 0.2) is 0 Å². The van der Waals surface area contributed by atoms with Crippen molar-refractivity contribution in [2.45, 2.75) is 43.8 Å². The molecule has 0 aromatic heterocycles. The van der Waals surface area contributed by atoms with Crippen LogP contribution in [0.25, 0.3) is 0 Å². The van der Waals surface area contributed by atoms with Crippen LogP contribution in [0.3, 0.4) is 0 Å². The molecule has 1 aromatic rings. The number of nitrogens with one attached hydrogen (secondary N) is 1. The molecule has 0 spiro atoms. The molecule has 5 heteroatoms. The van der Waals surface area contributed by atoms with Crippen molar-refractivity contribution >= 4 is 27.5 Å². The van der Waals surface area contributed by atoms with Gasteiger partial charge in [-0.25, -0.2) is 0 Å². The van der Waals surface area contributed by atoms with Gasteiger partial charge in [0.1, 0.15) is 0 Å². The number of primary amides is 1. The number of anilines is 1. The molecule has 2 saturated heterocycles. The van der Waals surface area contributed by atoms with Crippen molar-refractivity contribution in [3.8, 4) is 0 Å². The average Bonchev–Trinajstić information content (AvgIpc) is 2.76. The number of hydrogen-bond donors (Lipinski definition) is 2. The highest BCUT2D eigenvalue weighted by Gasteiger charge is 2.35. The summed E-state index contributed by atoms with van der Waals surface area (Å²) in [4.78, 5) is 13.9. The number of fused-ring (bicyclic) bond motifs is 2. The third-order valence-corrected chi connectivity index (χ3v) is 5.09. The van der Waals surface area contributed by atoms with Gasteiger partial charge in [-0.3, -0.25) is 4.79 Å². The van der Waals surface area contributed by atoms with Crippen molar-refractivity contribution in [3.05, 3.63) is 28.2 Å². The van der Waals surface area contributed by atoms with Crippen molar-refractivity contribution < 1.29 is 4.79 Å². The van der Waals surface area contributed by atoms with Crippen LogP contribution in [-0.2, 0) is 0 Å². The van der Waals surface area contributed by atoms with Crippen molar-refractivity contribution in [2.24, 2.45) is 5.73 Å². The molecule has 2 aliphatic rings. The van der Waals surface area contributed by atoms with Gasteiger partial charge < -0.3 is 16.0 Å². The summed E-state index contributed by atoms with van der Waals surface area (Å²) in [5, 5.41) is 3.65. The van der Waals surface area contributed by atoms with Crippen molar-refractivity contribution in [1.82, 2.24) is 5.32 Å². The lowest BCUT2D eigenvalue weighted by Crippen LogP contribution is -2.47. The van der Waals surface area contributed by atoms with Gasteiger partial charge in [0.25, 0.3) is 5.91 Å². The van der Waals surface area contributed by atoms with Crippen LogP contribution in [0.1, 0.15) is 36.0 Å². The fourth-order valence-electron chi connectivity index (χ4n) is 3.55. The van der Waals surface area contributed by atoms with Gasteiger partial charge in [-0.2, -0.15) is 0 Å². The van der Waals surface area contributed by atoms with Gasteiger partial charge in [-0.05, 0) is 43.9 Å². The van der Waals surface area contributed by atoms with Gasteiger partial charge in [-0.15, -0.1) is 0 Å². The molecule has 0 saturated carbocycles. The molecule has 2 aliphatic heterocycles. The van der Waals surface area contributed by atoms with Crippen LogP contribution >= 0.6 is 15.9 Å². The zero-order valence-corrected chi connectivity index (χ0v) is 13.2. The Morgan fingerprint density at radius 2 is 2.00 bits per heavy atom. The Labute approximate surface area is 127 Å². The number of benzene rings is 1. The lowest BCUT2D eigenvalue weighted by atomic mass is 9.97. The fourth-order valence-corrected chi connectivity index (χ4v) is 3.91. The average molecular weight is 338 g/mol. The largest absolute Gasteiger partial charge is 0.371 e. The Morgan fingerprint density at radius 3 is 2.60 bits per heavy atom. The van der Waals surface area contributed by atoms with Crippen molar-refractivity contribution in [2.75, 3.05) is 11.9 Å². The van der Waals surface area contributed by atoms with Gasteiger partial charge in [-0.1, -0.05) is 15.9 Å². The van der Waals surface area contributed by atoms with Crippen LogP contribution in [-0.4, -0.2) is 31.1 Å². The quantitative estimate of drug-likeness (QED) is 0.889. The predicted molar refractivity (Wildman–Crippen MR) is 84.0 cm³/mol. The highest BCUT2D eigenvalue weighted by Crippen LogP contribution is 2.33. The smallest absolute Gasteiger partial charge is 0.250 e. The standard InChI is InChI=1S/C15H20BrN3O/c1-19(12-7-10-3-4-11(8-12)18-10)14-5-2-9(16)6-13(14)15(17)20/h2,5-6,10-12,18H,3-4,7-8H2,1H3,(H2,17,20). The Balaban J connectivity index is 1.87. The molecule has 2 bridgehead atoms. The topological polar surface area (TPSA) is 58.4 Å². The molecule has 2 unspecified atom stereocenters. The van der Waals surface area contributed by atoms with Gasteiger partial charge >= 0.3 is 0 Å². The maximum atomic E-state index is 11.7. The molecule has 2 heterocycles. The summed E-state index contributed by atoms with van der Waals surface area (Å²) in [6, 6.07) is 7.50. The highest BCUT2D eigenvalue weighted by atomic mass is 79.9. The first kappa shape index (κ1) is 13.9. The first-order valence-corrected chi connectivity index (χ1v) is 7.92. The Bertz CT molecular complexity index is 522. The lowest BCUT2D eigenvalue weighted by molar-refractivity contribution is 0.100. The Kier molecular flexibility index (Phi) is 3.73. The van der Waals surface area contributed by atoms with E-state index < -0.39 is 0 Å². The van der Waals surface area contributed by atoms with Crippen LogP contribution in [0, 0.1) is 0 Å². The Morgan fingerprint density at radius 1 is 1.35 bits per heavy atom. The number of piperidine rings is 1. The number of carbonyl (C=O) groups is 1. The molecule has 20 heavy (non-hydrogen) atoms. The van der Waals surface area contributed by atoms with E-state index >= 15 is 0 Å². The summed E-state index contributed by atoms with van der Waals surface area (Å²) in [6.07, 6.45) is 4.83. The number of halogens is 1. The van der Waals surface area contributed by atoms with E-state index in [0.717, 1.165) is 23.0 Å². The van der Waals surface area contributed by atoms with E-state index in [-0.39, 0.29) is 5.91 Å². The summed E-state index contributed by atoms with van der Waals surface area (Å²) in [5.41, 5.74) is 7.05. The molecular formula is C15H20BrN3O. The van der Waals surface area contributed by atoms with Crippen LogP contribution in [0.5, 0.6) is 0 Å². The minimum Gasteiger partial charge on any atom is -0.371 e. The molecule has 2 atom stereocenters. The van der Waals surface area contributed by atoms with E-state index in [2.05, 4.69) is 33.2 Å². The molecule has 0 aliphatic carbocycles. The van der Waals surface area contributed by atoms with Crippen LogP contribution in [0.4, 0.5) is 5.69 Å². The van der Waals surface area contributed by atoms with Crippen molar-refractivity contribution in [3.63, 3.8) is 0 Å². The fraction of sp³-hybridized carbons (Fsp3) is 0.533. The van der Waals surface area contributed by atoms with Gasteiger partial charge in [0, 0.05) is 35.3 Å². The summed E-state index contributed by atoms with van der Waals surface area (Å²) < 4.78 is 0.883. The normalized spacial score (nSPS) is 28.4. The number of rotatable bonds is 3. The van der Waals surface area contributed by atoms with Gasteiger partial charge in [0.2, 0.25) is 0 Å². The summed E-state index contributed by atoms with van der Waals surface area (Å²) in [5.74, 6) is -0.370. The maximum absolute atomic E-state index is 11.7. The van der Waals surface area contributed by atoms with Crippen LogP contribution in [0.15, 0.2) is 22.7 Å². The van der Waals surface area contributed by atoms with E-state index in [1.54, 1.807) is 0 Å². The lowest BCUT2D eigenvalue weighted by Gasteiger charge is -2.37. The molecule has 1 amide bonds. The number of amides is 1. The molecule has 3 N–H and O–H groups in total. The molecule has 3 rings (SSSR count). The second kappa shape index (κ2) is 5.37. The number of nitrogens with two attached hydrogens (primary N) is 1. The number of carbonyl (C=O) groups excluding carboxylic acids is 1. The zero-order valence-electron chi connectivity index (χ0n) is 11.6. The van der Waals surface area contributed by atoms with E-state index in [9.17, 15) is 4.79 Å². The number of hydrogen-bond acceptors (Lipinski definition) is 3. The predicted octanol–water partition coefficient (Wildman–Crippen LogP) is 2.27. The molecule has 1 aromatic carbocycles. The molecule has 2 fully saturated rings. The third kappa shape index (κ3) is 2.56. The summed E-state index contributed by atoms with van der Waals surface area (Å²) >= 11 is 3.40. The SMILES string of the molecule is CN(c1ccc(Br)cc1C(N)=O)C1CC2CCC(C1)N2. The van der Waals surface area contributed by atoms with E-state index in [4.69, 9.17) is 5.73 Å². The maximum Gasteiger partial charge on any atom is 0.250 e. The first-order valence-electron chi connectivity index (χ1n) is 7.13. The van der Waals surface area contributed by atoms with E-state index in [1.807, 2.05) is 18.2 Å². The first-order chi connectivity index (χ1) is 9.54. The molecule has 4 nitrogen and oxygen atoms in total. The summed E-state index contributed by atoms with van der Waals surface area (Å²) in [7, 11) is 2.07. The minimum absolute atomic E-state index is 0.370. The molecule has 0 radical (unpaired) electrons. The second-order valence-electron chi connectivity index (χ2n) is 5.90. The molecule has 108 valence electrons. The van der Waals surface area contributed by atoms with Gasteiger partial charge in [0.05, 0.1) is 5.56 Å².